The molecule has 72 valence electrons. The minimum absolute atomic E-state index is 0.229. The molecule has 0 amide bonds. The number of hydrogen-bond acceptors (Lipinski definition) is 2. The van der Waals surface area contributed by atoms with Gasteiger partial charge in [-0.15, -0.1) is 11.6 Å². The van der Waals surface area contributed by atoms with Crippen LogP contribution >= 0.6 is 27.5 Å². The van der Waals surface area contributed by atoms with E-state index in [0.717, 1.165) is 10.3 Å². The van der Waals surface area contributed by atoms with Gasteiger partial charge in [-0.25, -0.2) is 4.98 Å². The van der Waals surface area contributed by atoms with E-state index in [-0.39, 0.29) is 6.04 Å². The van der Waals surface area contributed by atoms with Crippen LogP contribution in [0.5, 0.6) is 0 Å². The summed E-state index contributed by atoms with van der Waals surface area (Å²) < 4.78 is 1.01. The molecular weight excluding hydrogens is 251 g/mol. The van der Waals surface area contributed by atoms with E-state index in [1.807, 2.05) is 19.9 Å². The predicted molar refractivity (Wildman–Crippen MR) is 60.5 cm³/mol. The molecule has 1 aromatic heterocycles. The van der Waals surface area contributed by atoms with Crippen molar-refractivity contribution in [3.63, 3.8) is 0 Å². The van der Waals surface area contributed by atoms with E-state index in [2.05, 4.69) is 26.2 Å². The normalized spacial score (nSPS) is 12.6. The van der Waals surface area contributed by atoms with Crippen molar-refractivity contribution in [1.29, 1.82) is 0 Å². The van der Waals surface area contributed by atoms with E-state index in [4.69, 9.17) is 11.6 Å². The average Bonchev–Trinajstić information content (AvgIpc) is 2.13. The van der Waals surface area contributed by atoms with Gasteiger partial charge in [-0.3, -0.25) is 0 Å². The highest BCUT2D eigenvalue weighted by Gasteiger charge is 2.06. The van der Waals surface area contributed by atoms with Crippen molar-refractivity contribution in [1.82, 2.24) is 4.98 Å². The lowest BCUT2D eigenvalue weighted by Gasteiger charge is -2.13. The molecule has 0 aliphatic heterocycles. The molecule has 0 aliphatic rings. The quantitative estimate of drug-likeness (QED) is 0.847. The third-order valence-electron chi connectivity index (χ3n) is 1.70. The summed E-state index contributed by atoms with van der Waals surface area (Å²) in [6, 6.07) is 2.19. The SMILES string of the molecule is Cc1ccnc(NC(C)CCl)c1Br. The number of hydrogen-bond donors (Lipinski definition) is 1. The largest absolute Gasteiger partial charge is 0.365 e. The van der Waals surface area contributed by atoms with Gasteiger partial charge in [0.2, 0.25) is 0 Å². The Morgan fingerprint density at radius 3 is 3.00 bits per heavy atom. The third-order valence-corrected chi connectivity index (χ3v) is 3.16. The lowest BCUT2D eigenvalue weighted by Crippen LogP contribution is -2.17. The molecule has 0 saturated heterocycles. The van der Waals surface area contributed by atoms with Gasteiger partial charge in [-0.05, 0) is 41.4 Å². The highest BCUT2D eigenvalue weighted by molar-refractivity contribution is 9.10. The number of pyridine rings is 1. The minimum atomic E-state index is 0.229. The Kier molecular flexibility index (Phi) is 4.00. The van der Waals surface area contributed by atoms with E-state index < -0.39 is 0 Å². The maximum atomic E-state index is 5.69. The van der Waals surface area contributed by atoms with Crippen molar-refractivity contribution in [3.8, 4) is 0 Å². The molecule has 0 bridgehead atoms. The maximum Gasteiger partial charge on any atom is 0.140 e. The molecule has 0 aromatic carbocycles. The number of anilines is 1. The Morgan fingerprint density at radius 1 is 1.69 bits per heavy atom. The smallest absolute Gasteiger partial charge is 0.140 e. The molecule has 4 heteroatoms. The minimum Gasteiger partial charge on any atom is -0.365 e. The van der Waals surface area contributed by atoms with Crippen molar-refractivity contribution in [2.75, 3.05) is 11.2 Å². The van der Waals surface area contributed by atoms with Crippen molar-refractivity contribution in [2.45, 2.75) is 19.9 Å². The van der Waals surface area contributed by atoms with Crippen molar-refractivity contribution in [2.24, 2.45) is 0 Å². The van der Waals surface area contributed by atoms with Gasteiger partial charge in [0.25, 0.3) is 0 Å². The van der Waals surface area contributed by atoms with Gasteiger partial charge in [-0.2, -0.15) is 0 Å². The van der Waals surface area contributed by atoms with Gasteiger partial charge in [0, 0.05) is 18.1 Å². The fourth-order valence-corrected chi connectivity index (χ4v) is 1.34. The second-order valence-electron chi connectivity index (χ2n) is 2.99. The van der Waals surface area contributed by atoms with Crippen molar-refractivity contribution >= 4 is 33.3 Å². The molecule has 1 rings (SSSR count). The summed E-state index contributed by atoms with van der Waals surface area (Å²) in [5.74, 6) is 1.43. The topological polar surface area (TPSA) is 24.9 Å². The molecule has 1 heterocycles. The molecule has 0 spiro atoms. The highest BCUT2D eigenvalue weighted by Crippen LogP contribution is 2.23. The van der Waals surface area contributed by atoms with Gasteiger partial charge in [0.15, 0.2) is 0 Å². The van der Waals surface area contributed by atoms with Crippen molar-refractivity contribution in [3.05, 3.63) is 22.3 Å². The number of nitrogens with zero attached hydrogens (tertiary/aromatic N) is 1. The number of aromatic nitrogens is 1. The molecule has 0 radical (unpaired) electrons. The standard InChI is InChI=1S/C9H12BrClN2/c1-6-3-4-12-9(8(6)10)13-7(2)5-11/h3-4,7H,5H2,1-2H3,(H,12,13). The Hall–Kier alpha value is -0.280. The van der Waals surface area contributed by atoms with Crippen LogP contribution in [0.25, 0.3) is 0 Å². The Bertz CT molecular complexity index is 291. The summed E-state index contributed by atoms with van der Waals surface area (Å²) in [6.45, 7) is 4.05. The number of aryl methyl sites for hydroxylation is 1. The number of rotatable bonds is 3. The van der Waals surface area contributed by atoms with Crippen LogP contribution in [-0.2, 0) is 0 Å². The average molecular weight is 264 g/mol. The number of halogens is 2. The van der Waals surface area contributed by atoms with Gasteiger partial charge in [0.05, 0.1) is 4.47 Å². The first kappa shape index (κ1) is 10.8. The summed E-state index contributed by atoms with van der Waals surface area (Å²) >= 11 is 9.16. The fraction of sp³-hybridized carbons (Fsp3) is 0.444. The summed E-state index contributed by atoms with van der Waals surface area (Å²) in [7, 11) is 0. The molecule has 1 N–H and O–H groups in total. The molecular formula is C9H12BrClN2. The molecule has 1 atom stereocenters. The molecule has 2 nitrogen and oxygen atoms in total. The van der Waals surface area contributed by atoms with Crippen LogP contribution in [0.1, 0.15) is 12.5 Å². The molecule has 1 aromatic rings. The monoisotopic (exact) mass is 262 g/mol. The third kappa shape index (κ3) is 2.85. The zero-order chi connectivity index (χ0) is 9.84. The second-order valence-corrected chi connectivity index (χ2v) is 4.09. The van der Waals surface area contributed by atoms with Crippen LogP contribution in [0, 0.1) is 6.92 Å². The Morgan fingerprint density at radius 2 is 2.38 bits per heavy atom. The van der Waals surface area contributed by atoms with E-state index in [9.17, 15) is 0 Å². The zero-order valence-electron chi connectivity index (χ0n) is 7.64. The maximum absolute atomic E-state index is 5.69. The van der Waals surface area contributed by atoms with E-state index in [1.54, 1.807) is 6.20 Å². The van der Waals surface area contributed by atoms with Crippen LogP contribution < -0.4 is 5.32 Å². The van der Waals surface area contributed by atoms with Crippen LogP contribution in [-0.4, -0.2) is 16.9 Å². The first-order valence-electron chi connectivity index (χ1n) is 4.08. The molecule has 1 unspecified atom stereocenters. The fourth-order valence-electron chi connectivity index (χ4n) is 0.913. The number of alkyl halides is 1. The second kappa shape index (κ2) is 4.82. The Labute approximate surface area is 91.8 Å². The van der Waals surface area contributed by atoms with Gasteiger partial charge in [0.1, 0.15) is 5.82 Å². The first-order valence-corrected chi connectivity index (χ1v) is 5.41. The first-order chi connectivity index (χ1) is 6.15. The molecule has 0 saturated carbocycles. The summed E-state index contributed by atoms with van der Waals surface area (Å²) in [5.41, 5.74) is 1.17. The van der Waals surface area contributed by atoms with E-state index in [1.165, 1.54) is 5.56 Å². The van der Waals surface area contributed by atoms with Crippen LogP contribution in [0.15, 0.2) is 16.7 Å². The van der Waals surface area contributed by atoms with Crippen LogP contribution in [0.3, 0.4) is 0 Å². The lowest BCUT2D eigenvalue weighted by atomic mass is 10.3. The van der Waals surface area contributed by atoms with Crippen LogP contribution in [0.2, 0.25) is 0 Å². The number of nitrogens with one attached hydrogen (secondary N) is 1. The molecule has 0 aliphatic carbocycles. The van der Waals surface area contributed by atoms with Gasteiger partial charge >= 0.3 is 0 Å². The zero-order valence-corrected chi connectivity index (χ0v) is 9.98. The molecule has 13 heavy (non-hydrogen) atoms. The van der Waals surface area contributed by atoms with Crippen molar-refractivity contribution < 1.29 is 0 Å². The summed E-state index contributed by atoms with van der Waals surface area (Å²) in [6.07, 6.45) is 1.78. The summed E-state index contributed by atoms with van der Waals surface area (Å²) in [4.78, 5) is 4.21. The van der Waals surface area contributed by atoms with E-state index >= 15 is 0 Å². The summed E-state index contributed by atoms with van der Waals surface area (Å²) in [5, 5.41) is 3.21. The Balaban J connectivity index is 2.83. The van der Waals surface area contributed by atoms with Gasteiger partial charge in [-0.1, -0.05) is 0 Å². The highest BCUT2D eigenvalue weighted by atomic mass is 79.9. The van der Waals surface area contributed by atoms with Crippen LogP contribution in [0.4, 0.5) is 5.82 Å². The molecule has 0 fully saturated rings. The van der Waals surface area contributed by atoms with E-state index in [0.29, 0.717) is 5.88 Å². The lowest BCUT2D eigenvalue weighted by molar-refractivity contribution is 0.894. The van der Waals surface area contributed by atoms with Gasteiger partial charge < -0.3 is 5.32 Å². The predicted octanol–water partition coefficient (Wildman–Crippen LogP) is 3.19.